The third kappa shape index (κ3) is 5.16. The summed E-state index contributed by atoms with van der Waals surface area (Å²) >= 11 is 1.86. The molecule has 238 valence electrons. The van der Waals surface area contributed by atoms with Crippen molar-refractivity contribution < 1.29 is 0 Å². The van der Waals surface area contributed by atoms with Crippen molar-refractivity contribution in [2.24, 2.45) is 0 Å². The van der Waals surface area contributed by atoms with E-state index in [4.69, 9.17) is 15.0 Å². The molecule has 0 amide bonds. The van der Waals surface area contributed by atoms with Crippen LogP contribution in [0, 0.1) is 0 Å². The maximum atomic E-state index is 5.47. The van der Waals surface area contributed by atoms with Gasteiger partial charge in [0.15, 0.2) is 5.82 Å². The smallest absolute Gasteiger partial charge is 0.160 e. The first kappa shape index (κ1) is 29.4. The first-order valence-electron chi connectivity index (χ1n) is 17.1. The highest BCUT2D eigenvalue weighted by atomic mass is 32.1. The Morgan fingerprint density at radius 3 is 1.76 bits per heavy atom. The van der Waals surface area contributed by atoms with Crippen molar-refractivity contribution >= 4 is 53.2 Å². The van der Waals surface area contributed by atoms with Gasteiger partial charge in [0.1, 0.15) is 0 Å². The zero-order valence-corrected chi connectivity index (χ0v) is 28.3. The topological polar surface area (TPSA) is 38.7 Å². The van der Waals surface area contributed by atoms with Crippen molar-refractivity contribution in [3.63, 3.8) is 0 Å². The lowest BCUT2D eigenvalue weighted by Crippen LogP contribution is -1.95. The summed E-state index contributed by atoms with van der Waals surface area (Å²) in [6, 6.07) is 61.8. The zero-order chi connectivity index (χ0) is 33.7. The molecule has 0 fully saturated rings. The fourth-order valence-electron chi connectivity index (χ4n) is 7.15. The van der Waals surface area contributed by atoms with Gasteiger partial charge in [0.05, 0.1) is 22.6 Å². The Morgan fingerprint density at radius 2 is 0.980 bits per heavy atom. The van der Waals surface area contributed by atoms with Crippen LogP contribution in [0.5, 0.6) is 0 Å². The molecule has 0 radical (unpaired) electrons. The molecule has 3 heterocycles. The monoisotopic (exact) mass is 667 g/mol. The average Bonchev–Trinajstić information content (AvgIpc) is 3.61. The van der Waals surface area contributed by atoms with Gasteiger partial charge < -0.3 is 0 Å². The number of pyridine rings is 1. The van der Waals surface area contributed by atoms with Gasteiger partial charge in [-0.15, -0.1) is 11.3 Å². The van der Waals surface area contributed by atoms with Crippen LogP contribution in [0.4, 0.5) is 0 Å². The van der Waals surface area contributed by atoms with Gasteiger partial charge in [-0.1, -0.05) is 158 Å². The van der Waals surface area contributed by atoms with Crippen molar-refractivity contribution in [1.82, 2.24) is 15.0 Å². The summed E-state index contributed by atoms with van der Waals surface area (Å²) in [5.41, 5.74) is 10.4. The van der Waals surface area contributed by atoms with Crippen molar-refractivity contribution in [3.05, 3.63) is 176 Å². The van der Waals surface area contributed by atoms with Crippen LogP contribution in [0.3, 0.4) is 0 Å². The molecule has 0 saturated carbocycles. The van der Waals surface area contributed by atoms with E-state index in [-0.39, 0.29) is 0 Å². The number of hydrogen-bond donors (Lipinski definition) is 0. The number of rotatable bonds is 5. The van der Waals surface area contributed by atoms with Crippen LogP contribution < -0.4 is 0 Å². The zero-order valence-electron chi connectivity index (χ0n) is 27.5. The minimum atomic E-state index is 0.715. The Balaban J connectivity index is 1.09. The molecule has 0 unspecified atom stereocenters. The molecule has 0 atom stereocenters. The molecule has 0 spiro atoms. The highest BCUT2D eigenvalue weighted by Crippen LogP contribution is 2.44. The van der Waals surface area contributed by atoms with Crippen LogP contribution in [0.1, 0.15) is 0 Å². The van der Waals surface area contributed by atoms with Crippen LogP contribution in [0.25, 0.3) is 98.1 Å². The third-order valence-electron chi connectivity index (χ3n) is 9.68. The van der Waals surface area contributed by atoms with Gasteiger partial charge in [-0.2, -0.15) is 0 Å². The molecule has 10 aromatic rings. The Morgan fingerprint density at radius 1 is 0.373 bits per heavy atom. The molecule has 3 aromatic heterocycles. The second-order valence-electron chi connectivity index (χ2n) is 12.8. The molecule has 10 rings (SSSR count). The van der Waals surface area contributed by atoms with E-state index < -0.39 is 0 Å². The van der Waals surface area contributed by atoms with E-state index in [9.17, 15) is 0 Å². The number of fused-ring (bicyclic) bond motifs is 7. The number of benzene rings is 7. The number of hydrogen-bond acceptors (Lipinski definition) is 4. The lowest BCUT2D eigenvalue weighted by molar-refractivity contribution is 1.18. The minimum Gasteiger partial charge on any atom is -0.246 e. The first-order chi connectivity index (χ1) is 25.3. The van der Waals surface area contributed by atoms with Crippen LogP contribution in [-0.4, -0.2) is 15.0 Å². The largest absolute Gasteiger partial charge is 0.246 e. The second kappa shape index (κ2) is 12.1. The summed E-state index contributed by atoms with van der Waals surface area (Å²) in [5, 5.41) is 6.06. The molecular formula is C47H29N3S. The molecule has 51 heavy (non-hydrogen) atoms. The van der Waals surface area contributed by atoms with E-state index in [1.54, 1.807) is 0 Å². The molecule has 0 aliphatic rings. The summed E-state index contributed by atoms with van der Waals surface area (Å²) in [4.78, 5) is 15.5. The second-order valence-corrected chi connectivity index (χ2v) is 13.9. The number of thiophene rings is 1. The molecule has 0 bridgehead atoms. The Hall–Kier alpha value is -6.49. The normalized spacial score (nSPS) is 11.5. The molecule has 0 N–H and O–H groups in total. The summed E-state index contributed by atoms with van der Waals surface area (Å²) in [6.07, 6.45) is 0. The average molecular weight is 668 g/mol. The molecule has 0 aliphatic heterocycles. The van der Waals surface area contributed by atoms with Crippen LogP contribution in [0.15, 0.2) is 176 Å². The highest BCUT2D eigenvalue weighted by molar-refractivity contribution is 7.26. The molecular weight excluding hydrogens is 639 g/mol. The lowest BCUT2D eigenvalue weighted by atomic mass is 9.96. The highest BCUT2D eigenvalue weighted by Gasteiger charge is 2.18. The van der Waals surface area contributed by atoms with Crippen LogP contribution in [-0.2, 0) is 0 Å². The Kier molecular flexibility index (Phi) is 7.00. The van der Waals surface area contributed by atoms with Gasteiger partial charge >= 0.3 is 0 Å². The quantitative estimate of drug-likeness (QED) is 0.171. The standard InChI is InChI=1S/C47H29N3S/c1-3-13-32(14-4-1)40-29-41(49-47(48-40)34-15-5-2-6-16-34)33-24-22-30(23-25-33)35-17-11-18-36(28-35)44-43-38-20-9-10-21-42(38)51-46(43)39-27-26-31-12-7-8-19-37(31)45(39)50-44/h1-29H. The predicted molar refractivity (Wildman–Crippen MR) is 215 cm³/mol. The summed E-state index contributed by atoms with van der Waals surface area (Å²) in [7, 11) is 0. The van der Waals surface area contributed by atoms with Gasteiger partial charge in [-0.25, -0.2) is 15.0 Å². The van der Waals surface area contributed by atoms with E-state index in [1.807, 2.05) is 47.7 Å². The third-order valence-corrected chi connectivity index (χ3v) is 10.9. The molecule has 4 heteroatoms. The van der Waals surface area contributed by atoms with Crippen LogP contribution >= 0.6 is 11.3 Å². The molecule has 0 saturated heterocycles. The maximum absolute atomic E-state index is 5.47. The van der Waals surface area contributed by atoms with Gasteiger partial charge in [0, 0.05) is 53.2 Å². The molecule has 0 aliphatic carbocycles. The number of aromatic nitrogens is 3. The predicted octanol–water partition coefficient (Wildman–Crippen LogP) is 12.9. The maximum Gasteiger partial charge on any atom is 0.160 e. The van der Waals surface area contributed by atoms with E-state index in [2.05, 4.69) is 140 Å². The number of nitrogens with zero attached hydrogens (tertiary/aromatic N) is 3. The molecule has 3 nitrogen and oxygen atoms in total. The first-order valence-corrected chi connectivity index (χ1v) is 17.9. The fourth-order valence-corrected chi connectivity index (χ4v) is 8.38. The minimum absolute atomic E-state index is 0.715. The Bertz CT molecular complexity index is 2840. The SMILES string of the molecule is c1ccc(-c2cc(-c3ccc(-c4cccc(-c5nc6c7ccccc7ccc6c6sc7ccccc7c56)c4)cc3)nc(-c3ccccc3)n2)cc1. The summed E-state index contributed by atoms with van der Waals surface area (Å²) in [6.45, 7) is 0. The van der Waals surface area contributed by atoms with Gasteiger partial charge in [-0.05, 0) is 34.7 Å². The Labute approximate surface area is 299 Å². The summed E-state index contributed by atoms with van der Waals surface area (Å²) in [5.74, 6) is 0.715. The van der Waals surface area contributed by atoms with Crippen LogP contribution in [0.2, 0.25) is 0 Å². The van der Waals surface area contributed by atoms with Gasteiger partial charge in [-0.3, -0.25) is 0 Å². The molecule has 7 aromatic carbocycles. The van der Waals surface area contributed by atoms with Gasteiger partial charge in [0.2, 0.25) is 0 Å². The summed E-state index contributed by atoms with van der Waals surface area (Å²) < 4.78 is 2.56. The van der Waals surface area contributed by atoms with E-state index in [0.717, 1.165) is 56.0 Å². The van der Waals surface area contributed by atoms with Crippen molar-refractivity contribution in [2.75, 3.05) is 0 Å². The van der Waals surface area contributed by atoms with Crippen molar-refractivity contribution in [3.8, 4) is 56.3 Å². The van der Waals surface area contributed by atoms with E-state index in [1.165, 1.54) is 36.3 Å². The van der Waals surface area contributed by atoms with E-state index >= 15 is 0 Å². The van der Waals surface area contributed by atoms with E-state index in [0.29, 0.717) is 5.82 Å². The van der Waals surface area contributed by atoms with Crippen molar-refractivity contribution in [2.45, 2.75) is 0 Å². The fraction of sp³-hybridized carbons (Fsp3) is 0. The lowest BCUT2D eigenvalue weighted by Gasteiger charge is -2.12. The van der Waals surface area contributed by atoms with Crippen molar-refractivity contribution in [1.29, 1.82) is 0 Å². The van der Waals surface area contributed by atoms with Gasteiger partial charge in [0.25, 0.3) is 0 Å².